The summed E-state index contributed by atoms with van der Waals surface area (Å²) in [6, 6.07) is 18.3. The van der Waals surface area contributed by atoms with Crippen molar-refractivity contribution in [2.75, 3.05) is 7.11 Å². The summed E-state index contributed by atoms with van der Waals surface area (Å²) in [5.74, 6) is 0.857. The van der Waals surface area contributed by atoms with Gasteiger partial charge in [0.05, 0.1) is 24.7 Å². The van der Waals surface area contributed by atoms with Crippen molar-refractivity contribution in [3.05, 3.63) is 66.4 Å². The van der Waals surface area contributed by atoms with Crippen LogP contribution >= 0.6 is 0 Å². The summed E-state index contributed by atoms with van der Waals surface area (Å²) in [5.41, 5.74) is 4.47. The minimum absolute atomic E-state index is 0.857. The zero-order valence-corrected chi connectivity index (χ0v) is 11.6. The molecule has 0 unspecified atom stereocenters. The number of hydrogen-bond donors (Lipinski definition) is 0. The van der Waals surface area contributed by atoms with Gasteiger partial charge in [0.15, 0.2) is 0 Å². The molecule has 0 aliphatic rings. The summed E-state index contributed by atoms with van der Waals surface area (Å²) in [6.45, 7) is 2.08. The zero-order valence-electron chi connectivity index (χ0n) is 11.6. The molecule has 0 fully saturated rings. The first-order chi connectivity index (χ1) is 9.78. The molecule has 3 aromatic rings. The number of nitrogens with zero attached hydrogens (tertiary/aromatic N) is 2. The molecule has 1 aromatic heterocycles. The number of rotatable bonds is 3. The van der Waals surface area contributed by atoms with Crippen molar-refractivity contribution in [3.63, 3.8) is 0 Å². The first kappa shape index (κ1) is 12.5. The maximum atomic E-state index is 5.19. The van der Waals surface area contributed by atoms with E-state index in [1.807, 2.05) is 47.3 Å². The van der Waals surface area contributed by atoms with Gasteiger partial charge in [-0.2, -0.15) is 5.10 Å². The number of hydrogen-bond acceptors (Lipinski definition) is 2. The molecule has 3 nitrogen and oxygen atoms in total. The highest BCUT2D eigenvalue weighted by molar-refractivity contribution is 5.62. The van der Waals surface area contributed by atoms with Gasteiger partial charge < -0.3 is 4.74 Å². The minimum Gasteiger partial charge on any atom is -0.497 e. The molecule has 0 bridgehead atoms. The Bertz CT molecular complexity index is 714. The van der Waals surface area contributed by atoms with E-state index in [2.05, 4.69) is 30.2 Å². The topological polar surface area (TPSA) is 27.1 Å². The van der Waals surface area contributed by atoms with Crippen LogP contribution in [0.4, 0.5) is 0 Å². The van der Waals surface area contributed by atoms with E-state index < -0.39 is 0 Å². The van der Waals surface area contributed by atoms with E-state index in [1.54, 1.807) is 7.11 Å². The first-order valence-electron chi connectivity index (χ1n) is 6.53. The second-order valence-corrected chi connectivity index (χ2v) is 4.70. The van der Waals surface area contributed by atoms with Crippen molar-refractivity contribution < 1.29 is 4.74 Å². The smallest absolute Gasteiger partial charge is 0.118 e. The Morgan fingerprint density at radius 2 is 1.80 bits per heavy atom. The van der Waals surface area contributed by atoms with Crippen LogP contribution in [0.1, 0.15) is 5.56 Å². The second-order valence-electron chi connectivity index (χ2n) is 4.70. The van der Waals surface area contributed by atoms with Crippen molar-refractivity contribution >= 4 is 0 Å². The summed E-state index contributed by atoms with van der Waals surface area (Å²) in [4.78, 5) is 0. The average molecular weight is 264 g/mol. The Morgan fingerprint density at radius 1 is 1.00 bits per heavy atom. The summed E-state index contributed by atoms with van der Waals surface area (Å²) >= 11 is 0. The molecule has 0 spiro atoms. The number of aryl methyl sites for hydroxylation is 1. The molecule has 0 radical (unpaired) electrons. The lowest BCUT2D eigenvalue weighted by Gasteiger charge is -2.09. The van der Waals surface area contributed by atoms with Crippen LogP contribution in [0, 0.1) is 6.92 Å². The Kier molecular flexibility index (Phi) is 3.25. The van der Waals surface area contributed by atoms with Gasteiger partial charge in [-0.25, -0.2) is 4.68 Å². The van der Waals surface area contributed by atoms with E-state index in [0.717, 1.165) is 22.7 Å². The van der Waals surface area contributed by atoms with Crippen molar-refractivity contribution in [2.45, 2.75) is 6.92 Å². The third-order valence-corrected chi connectivity index (χ3v) is 3.27. The predicted octanol–water partition coefficient (Wildman–Crippen LogP) is 3.86. The van der Waals surface area contributed by atoms with Crippen LogP contribution in [0.2, 0.25) is 0 Å². The molecule has 0 N–H and O–H groups in total. The molecule has 0 saturated heterocycles. The first-order valence-corrected chi connectivity index (χ1v) is 6.53. The molecule has 0 aliphatic carbocycles. The number of methoxy groups -OCH3 is 1. The molecule has 0 atom stereocenters. The minimum atomic E-state index is 0.857. The molecule has 0 aliphatic heterocycles. The van der Waals surface area contributed by atoms with Crippen LogP contribution in [-0.4, -0.2) is 16.9 Å². The fraction of sp³-hybridized carbons (Fsp3) is 0.118. The van der Waals surface area contributed by atoms with E-state index in [4.69, 9.17) is 4.74 Å². The van der Waals surface area contributed by atoms with Crippen LogP contribution in [-0.2, 0) is 0 Å². The van der Waals surface area contributed by atoms with E-state index in [0.29, 0.717) is 0 Å². The normalized spacial score (nSPS) is 10.5. The SMILES string of the molecule is COc1ccc(-c2ccnn2-c2cccc(C)c2)cc1. The van der Waals surface area contributed by atoms with Crippen LogP contribution in [0.15, 0.2) is 60.8 Å². The van der Waals surface area contributed by atoms with Crippen LogP contribution in [0.3, 0.4) is 0 Å². The zero-order chi connectivity index (χ0) is 13.9. The highest BCUT2D eigenvalue weighted by Gasteiger charge is 2.07. The van der Waals surface area contributed by atoms with Crippen molar-refractivity contribution in [3.8, 4) is 22.7 Å². The molecule has 2 aromatic carbocycles. The average Bonchev–Trinajstić information content (AvgIpc) is 2.97. The van der Waals surface area contributed by atoms with Gasteiger partial charge in [-0.05, 0) is 55.0 Å². The molecule has 1 heterocycles. The summed E-state index contributed by atoms with van der Waals surface area (Å²) in [6.07, 6.45) is 1.82. The maximum absolute atomic E-state index is 5.19. The van der Waals surface area contributed by atoms with Crippen LogP contribution in [0.25, 0.3) is 16.9 Å². The highest BCUT2D eigenvalue weighted by atomic mass is 16.5. The number of benzene rings is 2. The molecular formula is C17H16N2O. The van der Waals surface area contributed by atoms with Gasteiger partial charge in [0.25, 0.3) is 0 Å². The van der Waals surface area contributed by atoms with Gasteiger partial charge in [0.1, 0.15) is 5.75 Å². The molecule has 3 rings (SSSR count). The molecule has 100 valence electrons. The number of ether oxygens (including phenoxy) is 1. The molecular weight excluding hydrogens is 248 g/mol. The van der Waals surface area contributed by atoms with Crippen LogP contribution in [0.5, 0.6) is 5.75 Å². The Morgan fingerprint density at radius 3 is 2.50 bits per heavy atom. The summed E-state index contributed by atoms with van der Waals surface area (Å²) < 4.78 is 7.15. The largest absolute Gasteiger partial charge is 0.497 e. The van der Waals surface area contributed by atoms with Gasteiger partial charge in [-0.1, -0.05) is 12.1 Å². The Labute approximate surface area is 118 Å². The molecule has 0 amide bonds. The lowest BCUT2D eigenvalue weighted by atomic mass is 10.1. The lowest BCUT2D eigenvalue weighted by Crippen LogP contribution is -1.99. The van der Waals surface area contributed by atoms with Crippen molar-refractivity contribution in [1.82, 2.24) is 9.78 Å². The lowest BCUT2D eigenvalue weighted by molar-refractivity contribution is 0.415. The molecule has 20 heavy (non-hydrogen) atoms. The number of aromatic nitrogens is 2. The van der Waals surface area contributed by atoms with Gasteiger partial charge in [-0.15, -0.1) is 0 Å². The third kappa shape index (κ3) is 2.30. The fourth-order valence-corrected chi connectivity index (χ4v) is 2.25. The van der Waals surface area contributed by atoms with Crippen molar-refractivity contribution in [2.24, 2.45) is 0 Å². The Hall–Kier alpha value is -2.55. The molecule has 3 heteroatoms. The van der Waals surface area contributed by atoms with Gasteiger partial charge in [-0.3, -0.25) is 0 Å². The molecule has 0 saturated carbocycles. The third-order valence-electron chi connectivity index (χ3n) is 3.27. The van der Waals surface area contributed by atoms with Gasteiger partial charge in [0, 0.05) is 5.56 Å². The van der Waals surface area contributed by atoms with Gasteiger partial charge in [0.2, 0.25) is 0 Å². The van der Waals surface area contributed by atoms with Crippen LogP contribution < -0.4 is 4.74 Å². The fourth-order valence-electron chi connectivity index (χ4n) is 2.25. The highest BCUT2D eigenvalue weighted by Crippen LogP contribution is 2.24. The van der Waals surface area contributed by atoms with E-state index in [-0.39, 0.29) is 0 Å². The predicted molar refractivity (Wildman–Crippen MR) is 80.3 cm³/mol. The summed E-state index contributed by atoms with van der Waals surface area (Å²) in [7, 11) is 1.67. The maximum Gasteiger partial charge on any atom is 0.118 e. The second kappa shape index (κ2) is 5.21. The summed E-state index contributed by atoms with van der Waals surface area (Å²) in [5, 5.41) is 4.43. The monoisotopic (exact) mass is 264 g/mol. The van der Waals surface area contributed by atoms with E-state index in [1.165, 1.54) is 5.56 Å². The van der Waals surface area contributed by atoms with Gasteiger partial charge >= 0.3 is 0 Å². The quantitative estimate of drug-likeness (QED) is 0.718. The van der Waals surface area contributed by atoms with Crippen molar-refractivity contribution in [1.29, 1.82) is 0 Å². The standard InChI is InChI=1S/C17H16N2O/c1-13-4-3-5-15(12-13)19-17(10-11-18-19)14-6-8-16(20-2)9-7-14/h3-12H,1-2H3. The van der Waals surface area contributed by atoms with E-state index >= 15 is 0 Å². The van der Waals surface area contributed by atoms with E-state index in [9.17, 15) is 0 Å². The Balaban J connectivity index is 2.05.